The fourth-order valence-corrected chi connectivity index (χ4v) is 2.42. The van der Waals surface area contributed by atoms with Gasteiger partial charge < -0.3 is 4.18 Å². The lowest BCUT2D eigenvalue weighted by Gasteiger charge is -2.11. The van der Waals surface area contributed by atoms with Crippen molar-refractivity contribution in [1.82, 2.24) is 19.4 Å². The van der Waals surface area contributed by atoms with E-state index in [-0.39, 0.29) is 5.52 Å². The molecule has 25 heavy (non-hydrogen) atoms. The fraction of sp³-hybridized carbons (Fsp3) is 0.286. The van der Waals surface area contributed by atoms with E-state index in [2.05, 4.69) is 14.4 Å². The van der Waals surface area contributed by atoms with Gasteiger partial charge >= 0.3 is 15.6 Å². The molecule has 0 fully saturated rings. The zero-order chi connectivity index (χ0) is 18.8. The lowest BCUT2D eigenvalue weighted by atomic mass is 10.1. The molecule has 0 spiro atoms. The van der Waals surface area contributed by atoms with Gasteiger partial charge in [-0.05, 0) is 12.1 Å². The summed E-state index contributed by atoms with van der Waals surface area (Å²) in [6, 6.07) is 2.53. The first-order valence-corrected chi connectivity index (χ1v) is 8.55. The van der Waals surface area contributed by atoms with Gasteiger partial charge in [-0.15, -0.1) is 0 Å². The van der Waals surface area contributed by atoms with Crippen molar-refractivity contribution in [3.63, 3.8) is 0 Å². The molecule has 0 radical (unpaired) electrons. The van der Waals surface area contributed by atoms with Crippen LogP contribution in [0, 0.1) is 0 Å². The molecule has 0 amide bonds. The molecule has 0 aliphatic carbocycles. The molecule has 0 aliphatic rings. The first-order chi connectivity index (χ1) is 11.7. The van der Waals surface area contributed by atoms with Crippen LogP contribution in [0.15, 0.2) is 36.9 Å². The fourth-order valence-electron chi connectivity index (χ4n) is 1.96. The number of aryl methyl sites for hydroxylation is 1. The molecule has 0 N–H and O–H groups in total. The minimum Gasteiger partial charge on any atom is -0.374 e. The zero-order valence-electron chi connectivity index (χ0n) is 13.5. The first-order valence-electron chi connectivity index (χ1n) is 7.14. The van der Waals surface area contributed by atoms with Crippen LogP contribution in [-0.2, 0) is 17.2 Å². The van der Waals surface area contributed by atoms with Gasteiger partial charge in [-0.25, -0.2) is 4.52 Å². The highest BCUT2D eigenvalue weighted by molar-refractivity contribution is 7.88. The molecule has 0 atom stereocenters. The number of fused-ring (bicyclic) bond motifs is 1. The number of alkyl halides is 3. The highest BCUT2D eigenvalue weighted by Gasteiger charge is 2.48. The van der Waals surface area contributed by atoms with Crippen LogP contribution in [-0.4, -0.2) is 33.3 Å². The van der Waals surface area contributed by atoms with Gasteiger partial charge in [-0.3, -0.25) is 4.68 Å². The Labute approximate surface area is 141 Å². The Kier molecular flexibility index (Phi) is 5.07. The Hall–Kier alpha value is -2.56. The lowest BCUT2D eigenvalue weighted by molar-refractivity contribution is -0.0499. The monoisotopic (exact) mass is 376 g/mol. The molecule has 0 aliphatic heterocycles. The Morgan fingerprint density at radius 3 is 2.36 bits per heavy atom. The molecule has 0 unspecified atom stereocenters. The zero-order valence-corrected chi connectivity index (χ0v) is 14.3. The van der Waals surface area contributed by atoms with Gasteiger partial charge in [0.2, 0.25) is 0 Å². The summed E-state index contributed by atoms with van der Waals surface area (Å²) >= 11 is 0. The first kappa shape index (κ1) is 18.8. The van der Waals surface area contributed by atoms with Crippen molar-refractivity contribution in [3.05, 3.63) is 36.9 Å². The van der Waals surface area contributed by atoms with Gasteiger partial charge in [0.25, 0.3) is 0 Å². The molecule has 0 saturated heterocycles. The number of pyridine rings is 1. The highest BCUT2D eigenvalue weighted by Crippen LogP contribution is 2.32. The maximum absolute atomic E-state index is 12.5. The molecule has 0 bridgehead atoms. The van der Waals surface area contributed by atoms with E-state index < -0.39 is 21.4 Å². The SMILES string of the molecule is CC.Cn1cc(-c2cc(OS(=O)(=O)C(F)(F)F)c3ccnn3c2)cn1. The molecule has 11 heteroatoms. The molecule has 136 valence electrons. The van der Waals surface area contributed by atoms with Gasteiger partial charge in [-0.1, -0.05) is 13.8 Å². The second-order valence-electron chi connectivity index (χ2n) is 4.64. The number of rotatable bonds is 3. The Morgan fingerprint density at radius 1 is 1.12 bits per heavy atom. The number of hydrogen-bond acceptors (Lipinski definition) is 5. The van der Waals surface area contributed by atoms with Crippen molar-refractivity contribution in [1.29, 1.82) is 0 Å². The van der Waals surface area contributed by atoms with Crippen molar-refractivity contribution in [3.8, 4) is 16.9 Å². The van der Waals surface area contributed by atoms with Gasteiger partial charge in [0.15, 0.2) is 5.75 Å². The van der Waals surface area contributed by atoms with Crippen LogP contribution in [0.5, 0.6) is 5.75 Å². The van der Waals surface area contributed by atoms with Crippen LogP contribution in [0.1, 0.15) is 13.8 Å². The summed E-state index contributed by atoms with van der Waals surface area (Å²) in [7, 11) is -4.11. The Bertz CT molecular complexity index is 977. The van der Waals surface area contributed by atoms with Crippen molar-refractivity contribution in [2.45, 2.75) is 19.4 Å². The summed E-state index contributed by atoms with van der Waals surface area (Å²) in [4.78, 5) is 0. The third kappa shape index (κ3) is 3.76. The van der Waals surface area contributed by atoms with E-state index in [1.807, 2.05) is 13.8 Å². The maximum Gasteiger partial charge on any atom is 0.534 e. The molecule has 3 rings (SSSR count). The number of hydrogen-bond donors (Lipinski definition) is 0. The van der Waals surface area contributed by atoms with Crippen LogP contribution in [0.25, 0.3) is 16.6 Å². The smallest absolute Gasteiger partial charge is 0.374 e. The van der Waals surface area contributed by atoms with Crippen molar-refractivity contribution in [2.24, 2.45) is 7.05 Å². The van der Waals surface area contributed by atoms with Gasteiger partial charge in [0.1, 0.15) is 5.52 Å². The van der Waals surface area contributed by atoms with Crippen molar-refractivity contribution >= 4 is 15.6 Å². The van der Waals surface area contributed by atoms with Gasteiger partial charge in [0, 0.05) is 30.6 Å². The van der Waals surface area contributed by atoms with Crippen LogP contribution in [0.4, 0.5) is 13.2 Å². The molecule has 3 aromatic rings. The molecule has 0 aromatic carbocycles. The van der Waals surface area contributed by atoms with E-state index in [0.717, 1.165) is 0 Å². The third-order valence-corrected chi connectivity index (χ3v) is 3.96. The molecule has 7 nitrogen and oxygen atoms in total. The quantitative estimate of drug-likeness (QED) is 0.519. The summed E-state index contributed by atoms with van der Waals surface area (Å²) in [5.41, 5.74) is -4.46. The minimum atomic E-state index is -5.78. The van der Waals surface area contributed by atoms with E-state index in [4.69, 9.17) is 0 Å². The third-order valence-electron chi connectivity index (χ3n) is 2.99. The summed E-state index contributed by atoms with van der Waals surface area (Å²) in [6.45, 7) is 4.00. The number of nitrogens with zero attached hydrogens (tertiary/aromatic N) is 4. The molecular weight excluding hydrogens is 361 g/mol. The highest BCUT2D eigenvalue weighted by atomic mass is 32.2. The second kappa shape index (κ2) is 6.75. The summed E-state index contributed by atoms with van der Waals surface area (Å²) in [5, 5.41) is 7.85. The van der Waals surface area contributed by atoms with Crippen LogP contribution >= 0.6 is 0 Å². The molecule has 0 saturated carbocycles. The molecule has 3 heterocycles. The van der Waals surface area contributed by atoms with Gasteiger partial charge in [-0.2, -0.15) is 31.8 Å². The topological polar surface area (TPSA) is 78.5 Å². The van der Waals surface area contributed by atoms with Gasteiger partial charge in [0.05, 0.1) is 12.4 Å². The van der Waals surface area contributed by atoms with E-state index in [9.17, 15) is 21.6 Å². The Balaban J connectivity index is 0.00000109. The minimum absolute atomic E-state index is 0.0884. The molecular formula is C14H15F3N4O3S. The summed E-state index contributed by atoms with van der Waals surface area (Å²) < 4.78 is 67.0. The average Bonchev–Trinajstić information content (AvgIpc) is 3.16. The number of halogens is 3. The molecule has 3 aromatic heterocycles. The largest absolute Gasteiger partial charge is 0.534 e. The predicted molar refractivity (Wildman–Crippen MR) is 84.3 cm³/mol. The van der Waals surface area contributed by atoms with E-state index in [1.165, 1.54) is 39.9 Å². The van der Waals surface area contributed by atoms with E-state index >= 15 is 0 Å². The average molecular weight is 376 g/mol. The second-order valence-corrected chi connectivity index (χ2v) is 6.18. The normalized spacial score (nSPS) is 11.9. The standard InChI is InChI=1S/C12H9F3N4O3S.C2H6/c1-18-6-9(5-17-18)8-4-11(10-2-3-16-19(10)7-8)22-23(20,21)12(13,14)15;1-2/h2-7H,1H3;1-2H3. The van der Waals surface area contributed by atoms with Crippen LogP contribution < -0.4 is 4.18 Å². The lowest BCUT2D eigenvalue weighted by Crippen LogP contribution is -2.28. The van der Waals surface area contributed by atoms with Crippen LogP contribution in [0.3, 0.4) is 0 Å². The van der Waals surface area contributed by atoms with Crippen molar-refractivity contribution < 1.29 is 25.8 Å². The summed E-state index contributed by atoms with van der Waals surface area (Å²) in [6.07, 6.45) is 5.94. The predicted octanol–water partition coefficient (Wildman–Crippen LogP) is 2.99. The maximum atomic E-state index is 12.5. The number of aromatic nitrogens is 4. The Morgan fingerprint density at radius 2 is 1.80 bits per heavy atom. The van der Waals surface area contributed by atoms with E-state index in [1.54, 1.807) is 13.2 Å². The van der Waals surface area contributed by atoms with E-state index in [0.29, 0.717) is 11.1 Å². The van der Waals surface area contributed by atoms with Crippen molar-refractivity contribution in [2.75, 3.05) is 0 Å². The summed E-state index contributed by atoms with van der Waals surface area (Å²) in [5.74, 6) is -0.471. The van der Waals surface area contributed by atoms with Crippen LogP contribution in [0.2, 0.25) is 0 Å².